The van der Waals surface area contributed by atoms with E-state index in [1.54, 1.807) is 17.8 Å². The molecule has 11 heteroatoms. The first kappa shape index (κ1) is 20.8. The van der Waals surface area contributed by atoms with Gasteiger partial charge in [-0.1, -0.05) is 11.8 Å². The minimum Gasteiger partial charge on any atom is -0.494 e. The molecule has 0 aliphatic carbocycles. The lowest BCUT2D eigenvalue weighted by Gasteiger charge is -2.16. The number of ether oxygens (including phenoxy) is 1. The molecule has 0 bridgehead atoms. The molecule has 1 aromatic heterocycles. The van der Waals surface area contributed by atoms with Crippen LogP contribution in [0, 0.1) is 5.82 Å². The molecule has 2 heterocycles. The molecule has 2 amide bonds. The third-order valence-corrected chi connectivity index (χ3v) is 5.57. The monoisotopic (exact) mass is 420 g/mol. The van der Waals surface area contributed by atoms with Crippen LogP contribution >= 0.6 is 11.8 Å². The summed E-state index contributed by atoms with van der Waals surface area (Å²) in [6.45, 7) is 0.320. The van der Waals surface area contributed by atoms with E-state index < -0.39 is 11.1 Å². The third-order valence-electron chi connectivity index (χ3n) is 4.39. The van der Waals surface area contributed by atoms with E-state index in [-0.39, 0.29) is 24.0 Å². The average Bonchev–Trinajstić information content (AvgIpc) is 3.23. The summed E-state index contributed by atoms with van der Waals surface area (Å²) in [4.78, 5) is 34.8. The molecular weight excluding hydrogens is 399 g/mol. The number of rotatable bonds is 7. The van der Waals surface area contributed by atoms with Crippen molar-refractivity contribution in [1.29, 1.82) is 0 Å². The van der Waals surface area contributed by atoms with Gasteiger partial charge in [-0.2, -0.15) is 5.10 Å². The Labute approximate surface area is 171 Å². The number of halogens is 1. The Morgan fingerprint density at radius 1 is 1.45 bits per heavy atom. The second-order valence-electron chi connectivity index (χ2n) is 6.24. The number of benzene rings is 1. The zero-order chi connectivity index (χ0) is 21.0. The number of hydrogen-bond acceptors (Lipinski definition) is 7. The van der Waals surface area contributed by atoms with Gasteiger partial charge in [-0.3, -0.25) is 19.2 Å². The van der Waals surface area contributed by atoms with Crippen LogP contribution in [0.2, 0.25) is 0 Å². The molecule has 1 unspecified atom stereocenters. The molecule has 1 fully saturated rings. The number of aryl methyl sites for hydroxylation is 1. The fourth-order valence-electron chi connectivity index (χ4n) is 2.79. The van der Waals surface area contributed by atoms with Crippen LogP contribution in [-0.2, 0) is 23.1 Å². The molecule has 3 rings (SSSR count). The fourth-order valence-corrected chi connectivity index (χ4v) is 3.98. The second kappa shape index (κ2) is 9.03. The first-order valence-electron chi connectivity index (χ1n) is 8.86. The SMILES string of the molecule is CNC(=O)CC1SC(=Nc2ccc(OC)c(F)c2)N(CCc2ncnn2C)C1=O. The number of carbonyl (C=O) groups excluding carboxylic acids is 2. The molecule has 1 atom stereocenters. The van der Waals surface area contributed by atoms with Crippen LogP contribution in [0.25, 0.3) is 0 Å². The summed E-state index contributed by atoms with van der Waals surface area (Å²) in [6, 6.07) is 4.32. The fraction of sp³-hybridized carbons (Fsp3) is 0.389. The van der Waals surface area contributed by atoms with E-state index in [4.69, 9.17) is 4.74 Å². The Morgan fingerprint density at radius 3 is 2.86 bits per heavy atom. The lowest BCUT2D eigenvalue weighted by molar-refractivity contribution is -0.129. The normalized spacial score (nSPS) is 17.8. The highest BCUT2D eigenvalue weighted by Crippen LogP contribution is 2.32. The Morgan fingerprint density at radius 2 is 2.24 bits per heavy atom. The molecule has 2 aromatic rings. The Balaban J connectivity index is 1.85. The number of aliphatic imine (C=N–C) groups is 1. The standard InChI is InChI=1S/C18H21FN6O3S/c1-20-16(26)9-14-17(27)25(7-6-15-21-10-22-24(15)2)18(29-14)23-11-4-5-13(28-3)12(19)8-11/h4-5,8,10,14H,6-7,9H2,1-3H3,(H,20,26). The molecule has 1 aliphatic rings. The predicted molar refractivity (Wildman–Crippen MR) is 107 cm³/mol. The second-order valence-corrected chi connectivity index (χ2v) is 7.41. The molecule has 0 saturated carbocycles. The highest BCUT2D eigenvalue weighted by atomic mass is 32.2. The molecule has 0 spiro atoms. The minimum atomic E-state index is -0.587. The van der Waals surface area contributed by atoms with Gasteiger partial charge in [0.2, 0.25) is 11.8 Å². The number of aromatic nitrogens is 3. The summed E-state index contributed by atoms with van der Waals surface area (Å²) in [7, 11) is 4.67. The first-order valence-corrected chi connectivity index (χ1v) is 9.74. The van der Waals surface area contributed by atoms with Crippen LogP contribution in [0.15, 0.2) is 29.5 Å². The maximum atomic E-state index is 14.0. The van der Waals surface area contributed by atoms with Crippen LogP contribution in [0.5, 0.6) is 5.75 Å². The minimum absolute atomic E-state index is 0.0381. The lowest BCUT2D eigenvalue weighted by atomic mass is 10.2. The van der Waals surface area contributed by atoms with E-state index >= 15 is 0 Å². The zero-order valence-electron chi connectivity index (χ0n) is 16.3. The van der Waals surface area contributed by atoms with Gasteiger partial charge in [-0.05, 0) is 12.1 Å². The summed E-state index contributed by atoms with van der Waals surface area (Å²) in [5.41, 5.74) is 0.350. The molecule has 1 saturated heterocycles. The van der Waals surface area contributed by atoms with Gasteiger partial charge in [0.25, 0.3) is 0 Å². The highest BCUT2D eigenvalue weighted by molar-refractivity contribution is 8.15. The largest absolute Gasteiger partial charge is 0.494 e. The maximum Gasteiger partial charge on any atom is 0.242 e. The van der Waals surface area contributed by atoms with Gasteiger partial charge in [0.05, 0.1) is 12.8 Å². The van der Waals surface area contributed by atoms with Gasteiger partial charge in [-0.15, -0.1) is 0 Å². The smallest absolute Gasteiger partial charge is 0.242 e. The zero-order valence-corrected chi connectivity index (χ0v) is 17.1. The average molecular weight is 420 g/mol. The van der Waals surface area contributed by atoms with Crippen LogP contribution < -0.4 is 10.1 Å². The molecular formula is C18H21FN6O3S. The number of hydrogen-bond donors (Lipinski definition) is 1. The number of thioether (sulfide) groups is 1. The predicted octanol–water partition coefficient (Wildman–Crippen LogP) is 1.27. The number of carbonyl (C=O) groups is 2. The van der Waals surface area contributed by atoms with E-state index in [0.717, 1.165) is 0 Å². The molecule has 1 aliphatic heterocycles. The highest BCUT2D eigenvalue weighted by Gasteiger charge is 2.39. The topological polar surface area (TPSA) is 102 Å². The summed E-state index contributed by atoms with van der Waals surface area (Å²) in [6.07, 6.45) is 1.95. The van der Waals surface area contributed by atoms with Crippen molar-refractivity contribution in [2.24, 2.45) is 12.0 Å². The molecule has 154 valence electrons. The van der Waals surface area contributed by atoms with E-state index in [1.807, 2.05) is 0 Å². The van der Waals surface area contributed by atoms with Gasteiger partial charge in [-0.25, -0.2) is 14.4 Å². The van der Waals surface area contributed by atoms with Crippen molar-refractivity contribution < 1.29 is 18.7 Å². The van der Waals surface area contributed by atoms with Crippen molar-refractivity contribution in [3.63, 3.8) is 0 Å². The first-order chi connectivity index (χ1) is 13.9. The third kappa shape index (κ3) is 4.73. The molecule has 1 N–H and O–H groups in total. The van der Waals surface area contributed by atoms with Crippen molar-refractivity contribution in [1.82, 2.24) is 25.0 Å². The van der Waals surface area contributed by atoms with Gasteiger partial charge >= 0.3 is 0 Å². The van der Waals surface area contributed by atoms with E-state index in [9.17, 15) is 14.0 Å². The van der Waals surface area contributed by atoms with E-state index in [1.165, 1.54) is 49.3 Å². The number of nitrogens with zero attached hydrogens (tertiary/aromatic N) is 5. The summed E-state index contributed by atoms with van der Waals surface area (Å²) in [5.74, 6) is -0.168. The lowest BCUT2D eigenvalue weighted by Crippen LogP contribution is -2.35. The number of methoxy groups -OCH3 is 1. The van der Waals surface area contributed by atoms with Crippen molar-refractivity contribution in [2.75, 3.05) is 20.7 Å². The van der Waals surface area contributed by atoms with Gasteiger partial charge in [0.15, 0.2) is 16.7 Å². The summed E-state index contributed by atoms with van der Waals surface area (Å²) in [5, 5.41) is 6.37. The molecule has 0 radical (unpaired) electrons. The van der Waals surface area contributed by atoms with Gasteiger partial charge in [0, 0.05) is 39.5 Å². The Kier molecular flexibility index (Phi) is 6.47. The number of amides is 2. The van der Waals surface area contributed by atoms with Crippen molar-refractivity contribution >= 4 is 34.4 Å². The quantitative estimate of drug-likeness (QED) is 0.724. The number of nitrogens with one attached hydrogen (secondary N) is 1. The van der Waals surface area contributed by atoms with Crippen molar-refractivity contribution in [3.8, 4) is 5.75 Å². The van der Waals surface area contributed by atoms with Crippen LogP contribution in [-0.4, -0.2) is 62.6 Å². The molecule has 1 aromatic carbocycles. The van der Waals surface area contributed by atoms with Crippen molar-refractivity contribution in [2.45, 2.75) is 18.1 Å². The van der Waals surface area contributed by atoms with E-state index in [2.05, 4.69) is 20.4 Å². The van der Waals surface area contributed by atoms with Gasteiger partial charge < -0.3 is 10.1 Å². The Hall–Kier alpha value is -2.95. The van der Waals surface area contributed by atoms with Gasteiger partial charge in [0.1, 0.15) is 17.4 Å². The van der Waals surface area contributed by atoms with Crippen LogP contribution in [0.4, 0.5) is 10.1 Å². The van der Waals surface area contributed by atoms with Crippen molar-refractivity contribution in [3.05, 3.63) is 36.2 Å². The maximum absolute atomic E-state index is 14.0. The molecule has 9 nitrogen and oxygen atoms in total. The number of amidine groups is 1. The summed E-state index contributed by atoms with van der Waals surface area (Å²) < 4.78 is 20.6. The Bertz CT molecular complexity index is 947. The molecule has 29 heavy (non-hydrogen) atoms. The summed E-state index contributed by atoms with van der Waals surface area (Å²) >= 11 is 1.19. The van der Waals surface area contributed by atoms with Crippen LogP contribution in [0.3, 0.4) is 0 Å². The van der Waals surface area contributed by atoms with E-state index in [0.29, 0.717) is 29.6 Å². The van der Waals surface area contributed by atoms with Crippen LogP contribution in [0.1, 0.15) is 12.2 Å².